The Morgan fingerprint density at radius 1 is 1.04 bits per heavy atom. The van der Waals surface area contributed by atoms with Crippen molar-refractivity contribution in [3.8, 4) is 11.5 Å². The van der Waals surface area contributed by atoms with E-state index in [0.717, 1.165) is 11.3 Å². The molecule has 0 unspecified atom stereocenters. The van der Waals surface area contributed by atoms with Crippen LogP contribution >= 0.6 is 0 Å². The summed E-state index contributed by atoms with van der Waals surface area (Å²) in [5.74, 6) is 0.542. The van der Waals surface area contributed by atoms with Crippen molar-refractivity contribution < 1.29 is 19.1 Å². The number of rotatable bonds is 8. The number of nitrogens with one attached hydrogen (secondary N) is 1. The predicted octanol–water partition coefficient (Wildman–Crippen LogP) is 1.98. The molecular formula is C19H22N2O4. The molecule has 0 aromatic heterocycles. The zero-order chi connectivity index (χ0) is 18.2. The molecule has 2 rings (SSSR count). The third-order valence-electron chi connectivity index (χ3n) is 3.47. The van der Waals surface area contributed by atoms with Gasteiger partial charge in [0.15, 0.2) is 6.61 Å². The number of hydrogen-bond donors (Lipinski definition) is 2. The maximum atomic E-state index is 12.1. The summed E-state index contributed by atoms with van der Waals surface area (Å²) < 4.78 is 10.8. The first-order valence-corrected chi connectivity index (χ1v) is 7.95. The molecular weight excluding hydrogens is 320 g/mol. The van der Waals surface area contributed by atoms with Gasteiger partial charge in [-0.15, -0.1) is 0 Å². The van der Waals surface area contributed by atoms with Crippen molar-refractivity contribution in [2.24, 2.45) is 5.73 Å². The number of benzene rings is 2. The standard InChI is InChI=1S/C19H22N2O4/c1-13-3-8-17(14(2)11-13)24-10-9-21-19(23)15-4-6-16(7-5-15)25-12-18(20)22/h3-8,11H,9-10,12H2,1-2H3,(H2,20,22)(H,21,23). The Kier molecular flexibility index (Phi) is 6.39. The van der Waals surface area contributed by atoms with Crippen LogP contribution in [0.3, 0.4) is 0 Å². The van der Waals surface area contributed by atoms with Gasteiger partial charge in [0.1, 0.15) is 18.1 Å². The van der Waals surface area contributed by atoms with Crippen LogP contribution in [0.5, 0.6) is 11.5 Å². The molecule has 0 aliphatic heterocycles. The summed E-state index contributed by atoms with van der Waals surface area (Å²) in [5.41, 5.74) is 7.75. The number of primary amides is 1. The number of hydrogen-bond acceptors (Lipinski definition) is 4. The second-order valence-corrected chi connectivity index (χ2v) is 5.65. The van der Waals surface area contributed by atoms with E-state index in [0.29, 0.717) is 24.5 Å². The molecule has 0 heterocycles. The van der Waals surface area contributed by atoms with E-state index in [9.17, 15) is 9.59 Å². The Bertz CT molecular complexity index is 742. The van der Waals surface area contributed by atoms with Crippen LogP contribution in [-0.4, -0.2) is 31.6 Å². The van der Waals surface area contributed by atoms with Crippen molar-refractivity contribution >= 4 is 11.8 Å². The molecule has 132 valence electrons. The third kappa shape index (κ3) is 5.84. The summed E-state index contributed by atoms with van der Waals surface area (Å²) >= 11 is 0. The number of aryl methyl sites for hydroxylation is 2. The van der Waals surface area contributed by atoms with E-state index in [1.165, 1.54) is 5.56 Å². The van der Waals surface area contributed by atoms with E-state index in [-0.39, 0.29) is 12.5 Å². The summed E-state index contributed by atoms with van der Waals surface area (Å²) in [7, 11) is 0. The predicted molar refractivity (Wildman–Crippen MR) is 94.9 cm³/mol. The van der Waals surface area contributed by atoms with Crippen LogP contribution in [0, 0.1) is 13.8 Å². The topological polar surface area (TPSA) is 90.7 Å². The van der Waals surface area contributed by atoms with Crippen molar-refractivity contribution in [2.45, 2.75) is 13.8 Å². The first-order chi connectivity index (χ1) is 12.0. The van der Waals surface area contributed by atoms with Gasteiger partial charge in [-0.1, -0.05) is 17.7 Å². The Hall–Kier alpha value is -3.02. The van der Waals surface area contributed by atoms with Crippen LogP contribution < -0.4 is 20.5 Å². The normalized spacial score (nSPS) is 10.2. The SMILES string of the molecule is Cc1ccc(OCCNC(=O)c2ccc(OCC(N)=O)cc2)c(C)c1. The Morgan fingerprint density at radius 3 is 2.40 bits per heavy atom. The molecule has 2 aromatic rings. The summed E-state index contributed by atoms with van der Waals surface area (Å²) in [6.45, 7) is 4.60. The van der Waals surface area contributed by atoms with Gasteiger partial charge in [0.2, 0.25) is 0 Å². The molecule has 6 nitrogen and oxygen atoms in total. The lowest BCUT2D eigenvalue weighted by molar-refractivity contribution is -0.119. The zero-order valence-corrected chi connectivity index (χ0v) is 14.4. The van der Waals surface area contributed by atoms with Gasteiger partial charge < -0.3 is 20.5 Å². The highest BCUT2D eigenvalue weighted by Gasteiger charge is 2.06. The van der Waals surface area contributed by atoms with Crippen LogP contribution in [0.15, 0.2) is 42.5 Å². The third-order valence-corrected chi connectivity index (χ3v) is 3.47. The highest BCUT2D eigenvalue weighted by molar-refractivity contribution is 5.94. The second-order valence-electron chi connectivity index (χ2n) is 5.65. The van der Waals surface area contributed by atoms with Gasteiger partial charge in [0.25, 0.3) is 11.8 Å². The van der Waals surface area contributed by atoms with Crippen LogP contribution in [-0.2, 0) is 4.79 Å². The van der Waals surface area contributed by atoms with E-state index in [2.05, 4.69) is 11.4 Å². The summed E-state index contributed by atoms with van der Waals surface area (Å²) in [6, 6.07) is 12.4. The van der Waals surface area contributed by atoms with Crippen molar-refractivity contribution in [1.29, 1.82) is 0 Å². The van der Waals surface area contributed by atoms with Crippen molar-refractivity contribution in [1.82, 2.24) is 5.32 Å². The van der Waals surface area contributed by atoms with Gasteiger partial charge in [-0.25, -0.2) is 0 Å². The second kappa shape index (κ2) is 8.73. The molecule has 6 heteroatoms. The fraction of sp³-hybridized carbons (Fsp3) is 0.263. The van der Waals surface area contributed by atoms with E-state index in [4.69, 9.17) is 15.2 Å². The Labute approximate surface area is 146 Å². The maximum absolute atomic E-state index is 12.1. The number of amides is 2. The highest BCUT2D eigenvalue weighted by atomic mass is 16.5. The fourth-order valence-corrected chi connectivity index (χ4v) is 2.25. The molecule has 0 bridgehead atoms. The minimum atomic E-state index is -0.550. The van der Waals surface area contributed by atoms with Crippen molar-refractivity contribution in [3.63, 3.8) is 0 Å². The van der Waals surface area contributed by atoms with E-state index in [1.54, 1.807) is 24.3 Å². The van der Waals surface area contributed by atoms with Gasteiger partial charge in [-0.3, -0.25) is 9.59 Å². The van der Waals surface area contributed by atoms with Crippen LogP contribution in [0.25, 0.3) is 0 Å². The number of carbonyl (C=O) groups excluding carboxylic acids is 2. The number of nitrogens with two attached hydrogens (primary N) is 1. The molecule has 0 saturated carbocycles. The number of carbonyl (C=O) groups is 2. The summed E-state index contributed by atoms with van der Waals surface area (Å²) in [6.07, 6.45) is 0. The lowest BCUT2D eigenvalue weighted by atomic mass is 10.1. The smallest absolute Gasteiger partial charge is 0.255 e. The minimum Gasteiger partial charge on any atom is -0.491 e. The molecule has 0 radical (unpaired) electrons. The van der Waals surface area contributed by atoms with E-state index < -0.39 is 5.91 Å². The molecule has 0 spiro atoms. The molecule has 3 N–H and O–H groups in total. The van der Waals surface area contributed by atoms with E-state index in [1.807, 2.05) is 26.0 Å². The number of ether oxygens (including phenoxy) is 2. The molecule has 0 fully saturated rings. The van der Waals surface area contributed by atoms with Crippen molar-refractivity contribution in [2.75, 3.05) is 19.8 Å². The first-order valence-electron chi connectivity index (χ1n) is 7.95. The van der Waals surface area contributed by atoms with Crippen molar-refractivity contribution in [3.05, 3.63) is 59.2 Å². The monoisotopic (exact) mass is 342 g/mol. The maximum Gasteiger partial charge on any atom is 0.255 e. The Balaban J connectivity index is 1.77. The molecule has 0 aliphatic carbocycles. The molecule has 0 saturated heterocycles. The largest absolute Gasteiger partial charge is 0.491 e. The molecule has 0 atom stereocenters. The Morgan fingerprint density at radius 2 is 1.76 bits per heavy atom. The average molecular weight is 342 g/mol. The van der Waals surface area contributed by atoms with Crippen LogP contribution in [0.2, 0.25) is 0 Å². The zero-order valence-electron chi connectivity index (χ0n) is 14.4. The average Bonchev–Trinajstić information content (AvgIpc) is 2.58. The highest BCUT2D eigenvalue weighted by Crippen LogP contribution is 2.18. The lowest BCUT2D eigenvalue weighted by Crippen LogP contribution is -2.28. The first kappa shape index (κ1) is 18.3. The summed E-state index contributed by atoms with van der Waals surface area (Å²) in [4.78, 5) is 22.7. The molecule has 2 aromatic carbocycles. The van der Waals surface area contributed by atoms with Gasteiger partial charge in [-0.05, 0) is 49.7 Å². The summed E-state index contributed by atoms with van der Waals surface area (Å²) in [5, 5.41) is 2.79. The van der Waals surface area contributed by atoms with E-state index >= 15 is 0 Å². The van der Waals surface area contributed by atoms with Crippen LogP contribution in [0.1, 0.15) is 21.5 Å². The van der Waals surface area contributed by atoms with Gasteiger partial charge >= 0.3 is 0 Å². The van der Waals surface area contributed by atoms with Gasteiger partial charge in [0, 0.05) is 5.56 Å². The molecule has 2 amide bonds. The van der Waals surface area contributed by atoms with Gasteiger partial charge in [-0.2, -0.15) is 0 Å². The lowest BCUT2D eigenvalue weighted by Gasteiger charge is -2.11. The van der Waals surface area contributed by atoms with Crippen LogP contribution in [0.4, 0.5) is 0 Å². The molecule has 25 heavy (non-hydrogen) atoms. The minimum absolute atomic E-state index is 0.193. The molecule has 0 aliphatic rings. The van der Waals surface area contributed by atoms with Gasteiger partial charge in [0.05, 0.1) is 6.54 Å². The quantitative estimate of drug-likeness (QED) is 0.718. The fourth-order valence-electron chi connectivity index (χ4n) is 2.25.